The van der Waals surface area contributed by atoms with Crippen molar-refractivity contribution in [2.45, 2.75) is 19.3 Å². The SMILES string of the molecule is N#CCCCOc1ccc(C(=O)Oc2ccc(C=CC(=O)OCCc3ccc(N)cc3N)cc2)cc1. The van der Waals surface area contributed by atoms with Crippen molar-refractivity contribution in [3.63, 3.8) is 0 Å². The zero-order valence-electron chi connectivity index (χ0n) is 19.7. The normalized spacial score (nSPS) is 10.5. The summed E-state index contributed by atoms with van der Waals surface area (Å²) < 4.78 is 16.1. The van der Waals surface area contributed by atoms with E-state index >= 15 is 0 Å². The summed E-state index contributed by atoms with van der Waals surface area (Å²) in [5.41, 5.74) is 14.7. The number of carbonyl (C=O) groups excluding carboxylic acids is 2. The van der Waals surface area contributed by atoms with E-state index < -0.39 is 11.9 Å². The van der Waals surface area contributed by atoms with E-state index in [1.807, 2.05) is 6.07 Å². The van der Waals surface area contributed by atoms with Crippen LogP contribution in [0, 0.1) is 11.3 Å². The number of nitrogen functional groups attached to an aromatic ring is 2. The van der Waals surface area contributed by atoms with E-state index in [2.05, 4.69) is 6.07 Å². The predicted molar refractivity (Wildman–Crippen MR) is 137 cm³/mol. The smallest absolute Gasteiger partial charge is 0.343 e. The van der Waals surface area contributed by atoms with Gasteiger partial charge in [-0.25, -0.2) is 9.59 Å². The average Bonchev–Trinajstić information content (AvgIpc) is 2.88. The Hall–Kier alpha value is -4.77. The van der Waals surface area contributed by atoms with Gasteiger partial charge in [0, 0.05) is 30.3 Å². The summed E-state index contributed by atoms with van der Waals surface area (Å²) in [5, 5.41) is 8.54. The summed E-state index contributed by atoms with van der Waals surface area (Å²) in [6.45, 7) is 0.634. The van der Waals surface area contributed by atoms with E-state index in [-0.39, 0.29) is 6.61 Å². The molecule has 0 saturated carbocycles. The van der Waals surface area contributed by atoms with Gasteiger partial charge in [-0.15, -0.1) is 0 Å². The number of rotatable bonds is 11. The monoisotopic (exact) mass is 485 g/mol. The zero-order chi connectivity index (χ0) is 25.8. The molecule has 0 heterocycles. The van der Waals surface area contributed by atoms with Crippen LogP contribution in [0.25, 0.3) is 6.08 Å². The molecule has 8 nitrogen and oxygen atoms in total. The Labute approximate surface area is 209 Å². The number of esters is 2. The second-order valence-electron chi connectivity index (χ2n) is 7.80. The molecule has 0 radical (unpaired) electrons. The number of nitrogens with two attached hydrogens (primary N) is 2. The molecule has 0 saturated heterocycles. The Morgan fingerprint density at radius 3 is 2.33 bits per heavy atom. The molecule has 0 aliphatic heterocycles. The minimum Gasteiger partial charge on any atom is -0.494 e. The third-order valence-electron chi connectivity index (χ3n) is 5.08. The van der Waals surface area contributed by atoms with Gasteiger partial charge in [-0.05, 0) is 72.2 Å². The molecule has 0 amide bonds. The summed E-state index contributed by atoms with van der Waals surface area (Å²) in [4.78, 5) is 24.4. The molecule has 0 aromatic heterocycles. The molecular weight excluding hydrogens is 458 g/mol. The maximum Gasteiger partial charge on any atom is 0.343 e. The highest BCUT2D eigenvalue weighted by molar-refractivity contribution is 5.91. The van der Waals surface area contributed by atoms with E-state index in [4.69, 9.17) is 30.9 Å². The van der Waals surface area contributed by atoms with Crippen LogP contribution in [-0.2, 0) is 16.0 Å². The molecule has 3 aromatic rings. The number of hydrogen-bond acceptors (Lipinski definition) is 8. The maximum atomic E-state index is 12.4. The van der Waals surface area contributed by atoms with Crippen molar-refractivity contribution in [1.82, 2.24) is 0 Å². The van der Waals surface area contributed by atoms with Crippen molar-refractivity contribution in [2.24, 2.45) is 0 Å². The maximum absolute atomic E-state index is 12.4. The Morgan fingerprint density at radius 1 is 0.917 bits per heavy atom. The molecule has 0 fully saturated rings. The summed E-state index contributed by atoms with van der Waals surface area (Å²) in [6.07, 6.45) is 4.51. The number of benzene rings is 3. The lowest BCUT2D eigenvalue weighted by atomic mass is 10.1. The van der Waals surface area contributed by atoms with Gasteiger partial charge in [0.05, 0.1) is 24.8 Å². The van der Waals surface area contributed by atoms with Gasteiger partial charge in [0.2, 0.25) is 0 Å². The fourth-order valence-corrected chi connectivity index (χ4v) is 3.16. The van der Waals surface area contributed by atoms with Gasteiger partial charge in [-0.2, -0.15) is 5.26 Å². The first kappa shape index (κ1) is 25.8. The van der Waals surface area contributed by atoms with Crippen LogP contribution in [0.1, 0.15) is 34.3 Å². The van der Waals surface area contributed by atoms with Crippen LogP contribution in [0.15, 0.2) is 72.8 Å². The molecule has 4 N–H and O–H groups in total. The lowest BCUT2D eigenvalue weighted by molar-refractivity contribution is -0.137. The van der Waals surface area contributed by atoms with Crippen molar-refractivity contribution in [3.05, 3.63) is 89.5 Å². The van der Waals surface area contributed by atoms with Gasteiger partial charge in [0.15, 0.2) is 0 Å². The first-order chi connectivity index (χ1) is 17.4. The topological polar surface area (TPSA) is 138 Å². The van der Waals surface area contributed by atoms with E-state index in [1.54, 1.807) is 66.7 Å². The summed E-state index contributed by atoms with van der Waals surface area (Å²) in [5.74, 6) is 0.0165. The van der Waals surface area contributed by atoms with Crippen LogP contribution in [0.5, 0.6) is 11.5 Å². The second kappa shape index (κ2) is 13.2. The lowest BCUT2D eigenvalue weighted by Crippen LogP contribution is -2.08. The molecule has 36 heavy (non-hydrogen) atoms. The Kier molecular flexibility index (Phi) is 9.48. The molecule has 184 valence electrons. The molecule has 0 bridgehead atoms. The molecule has 0 aliphatic rings. The summed E-state index contributed by atoms with van der Waals surface area (Å²) >= 11 is 0. The number of ether oxygens (including phenoxy) is 3. The highest BCUT2D eigenvalue weighted by Gasteiger charge is 2.09. The van der Waals surface area contributed by atoms with E-state index in [9.17, 15) is 9.59 Å². The fraction of sp³-hybridized carbons (Fsp3) is 0.179. The molecule has 0 atom stereocenters. The lowest BCUT2D eigenvalue weighted by Gasteiger charge is -2.07. The zero-order valence-corrected chi connectivity index (χ0v) is 19.7. The number of nitrogens with zero attached hydrogens (tertiary/aromatic N) is 1. The molecule has 3 rings (SSSR count). The fourth-order valence-electron chi connectivity index (χ4n) is 3.16. The highest BCUT2D eigenvalue weighted by Crippen LogP contribution is 2.18. The average molecular weight is 486 g/mol. The van der Waals surface area contributed by atoms with Gasteiger partial charge in [0.25, 0.3) is 0 Å². The van der Waals surface area contributed by atoms with Gasteiger partial charge < -0.3 is 25.7 Å². The van der Waals surface area contributed by atoms with Crippen molar-refractivity contribution < 1.29 is 23.8 Å². The minimum absolute atomic E-state index is 0.195. The molecule has 3 aromatic carbocycles. The van der Waals surface area contributed by atoms with Crippen molar-refractivity contribution in [2.75, 3.05) is 24.7 Å². The van der Waals surface area contributed by atoms with Crippen molar-refractivity contribution in [1.29, 1.82) is 5.26 Å². The van der Waals surface area contributed by atoms with Crippen LogP contribution in [0.2, 0.25) is 0 Å². The Bertz CT molecular complexity index is 1250. The predicted octanol–water partition coefficient (Wildman–Crippen LogP) is 4.55. The standard InChI is InChI=1S/C28H27N3O5/c29-16-1-2-17-34-24-12-7-22(8-13-24)28(33)36-25-10-3-20(4-11-25)5-14-27(32)35-18-15-21-6-9-23(30)19-26(21)31/h3-14,19H,1-2,15,17-18,30-31H2. The van der Waals surface area contributed by atoms with Gasteiger partial charge in [-0.1, -0.05) is 18.2 Å². The van der Waals surface area contributed by atoms with Crippen LogP contribution < -0.4 is 20.9 Å². The van der Waals surface area contributed by atoms with Gasteiger partial charge >= 0.3 is 11.9 Å². The Morgan fingerprint density at radius 2 is 1.64 bits per heavy atom. The van der Waals surface area contributed by atoms with E-state index in [1.165, 1.54) is 6.08 Å². The van der Waals surface area contributed by atoms with Crippen LogP contribution in [0.3, 0.4) is 0 Å². The summed E-state index contributed by atoms with van der Waals surface area (Å²) in [6, 6.07) is 20.6. The van der Waals surface area contributed by atoms with Crippen LogP contribution in [0.4, 0.5) is 11.4 Å². The number of nitriles is 1. The first-order valence-electron chi connectivity index (χ1n) is 11.4. The molecule has 8 heteroatoms. The number of anilines is 2. The van der Waals surface area contributed by atoms with Crippen molar-refractivity contribution >= 4 is 29.4 Å². The van der Waals surface area contributed by atoms with Gasteiger partial charge in [-0.3, -0.25) is 0 Å². The largest absolute Gasteiger partial charge is 0.494 e. The van der Waals surface area contributed by atoms with E-state index in [0.717, 1.165) is 11.1 Å². The minimum atomic E-state index is -0.500. The molecule has 0 aliphatic carbocycles. The van der Waals surface area contributed by atoms with Crippen LogP contribution in [-0.4, -0.2) is 25.2 Å². The number of hydrogen-bond donors (Lipinski definition) is 2. The third-order valence-corrected chi connectivity index (χ3v) is 5.08. The van der Waals surface area contributed by atoms with E-state index in [0.29, 0.717) is 54.3 Å². The number of carbonyl (C=O) groups is 2. The third kappa shape index (κ3) is 8.22. The Balaban J connectivity index is 1.43. The van der Waals surface area contributed by atoms with Crippen LogP contribution >= 0.6 is 0 Å². The van der Waals surface area contributed by atoms with Gasteiger partial charge in [0.1, 0.15) is 11.5 Å². The molecule has 0 unspecified atom stereocenters. The highest BCUT2D eigenvalue weighted by atomic mass is 16.5. The first-order valence-corrected chi connectivity index (χ1v) is 11.4. The quantitative estimate of drug-likeness (QED) is 0.133. The molecule has 0 spiro atoms. The second-order valence-corrected chi connectivity index (χ2v) is 7.80. The molecular formula is C28H27N3O5. The summed E-state index contributed by atoms with van der Waals surface area (Å²) in [7, 11) is 0. The van der Waals surface area contributed by atoms with Crippen molar-refractivity contribution in [3.8, 4) is 17.6 Å². The number of unbranched alkanes of at least 4 members (excludes halogenated alkanes) is 1.